The van der Waals surface area contributed by atoms with Gasteiger partial charge < -0.3 is 14.8 Å². The zero-order valence-corrected chi connectivity index (χ0v) is 21.4. The molecule has 4 aromatic rings. The molecular formula is C32H32N2O3. The molecule has 0 bridgehead atoms. The van der Waals surface area contributed by atoms with Gasteiger partial charge in [0.2, 0.25) is 0 Å². The number of ether oxygens (including phenoxy) is 2. The molecule has 4 aromatic carbocycles. The lowest BCUT2D eigenvalue weighted by Crippen LogP contribution is -2.48. The van der Waals surface area contributed by atoms with E-state index >= 15 is 0 Å². The van der Waals surface area contributed by atoms with Gasteiger partial charge in [0.25, 0.3) is 5.91 Å². The Hall–Kier alpha value is -3.83. The highest BCUT2D eigenvalue weighted by atomic mass is 16.5. The Kier molecular flexibility index (Phi) is 6.09. The van der Waals surface area contributed by atoms with Gasteiger partial charge in [0.05, 0.1) is 5.54 Å². The fourth-order valence-electron chi connectivity index (χ4n) is 5.14. The third-order valence-electron chi connectivity index (χ3n) is 7.77. The summed E-state index contributed by atoms with van der Waals surface area (Å²) in [5.74, 6) is 2.23. The number of likely N-dealkylation sites (N-methyl/N-ethyl adjacent to an activating group) is 1. The minimum atomic E-state index is -0.412. The second kappa shape index (κ2) is 9.56. The first kappa shape index (κ1) is 23.6. The highest BCUT2D eigenvalue weighted by molar-refractivity contribution is 5.98. The van der Waals surface area contributed by atoms with Crippen molar-refractivity contribution >= 4 is 16.7 Å². The zero-order valence-electron chi connectivity index (χ0n) is 21.4. The monoisotopic (exact) mass is 492 g/mol. The number of fused-ring (bicyclic) bond motifs is 1. The number of hydrogen-bond donors (Lipinski definition) is 1. The summed E-state index contributed by atoms with van der Waals surface area (Å²) in [5, 5.41) is 5.62. The van der Waals surface area contributed by atoms with E-state index in [1.165, 1.54) is 0 Å². The first-order valence-corrected chi connectivity index (χ1v) is 13.0. The quantitative estimate of drug-likeness (QED) is 0.307. The van der Waals surface area contributed by atoms with Gasteiger partial charge in [0, 0.05) is 11.6 Å². The average molecular weight is 493 g/mol. The lowest BCUT2D eigenvalue weighted by molar-refractivity contribution is 0.0767. The van der Waals surface area contributed by atoms with Crippen LogP contribution in [0.1, 0.15) is 40.7 Å². The van der Waals surface area contributed by atoms with E-state index in [9.17, 15) is 4.79 Å². The van der Waals surface area contributed by atoms with Crippen molar-refractivity contribution < 1.29 is 14.3 Å². The Labute approximate surface area is 218 Å². The fraction of sp³-hybridized carbons (Fsp3) is 0.281. The summed E-state index contributed by atoms with van der Waals surface area (Å²) in [6.45, 7) is 3.73. The molecule has 5 nitrogen and oxygen atoms in total. The van der Waals surface area contributed by atoms with Gasteiger partial charge in [-0.05, 0) is 98.1 Å². The smallest absolute Gasteiger partial charge is 0.252 e. The zero-order chi connectivity index (χ0) is 25.4. The predicted molar refractivity (Wildman–Crippen MR) is 147 cm³/mol. The molecule has 2 aliphatic rings. The van der Waals surface area contributed by atoms with Crippen molar-refractivity contribution in [2.24, 2.45) is 0 Å². The SMILES string of the molecule is Cc1ccc(OCC2CCN2C)cc1C(=O)NC1(c2cc(Oc3ccccc3)cc3ccccc23)CC1. The molecule has 1 aliphatic carbocycles. The Bertz CT molecular complexity index is 1450. The van der Waals surface area contributed by atoms with Gasteiger partial charge in [-0.15, -0.1) is 0 Å². The van der Waals surface area contributed by atoms with Crippen LogP contribution in [0.3, 0.4) is 0 Å². The largest absolute Gasteiger partial charge is 0.492 e. The standard InChI is InChI=1S/C32H32N2O3/c1-22-12-13-26(36-21-24-14-17-34(24)2)19-29(22)31(35)33-32(15-16-32)30-20-27(37-25-9-4-3-5-10-25)18-23-8-6-7-11-28(23)30/h3-13,18-20,24H,14-17,21H2,1-2H3,(H,33,35). The molecule has 0 spiro atoms. The van der Waals surface area contributed by atoms with Crippen LogP contribution >= 0.6 is 0 Å². The molecular weight excluding hydrogens is 460 g/mol. The molecule has 2 fully saturated rings. The number of carbonyl (C=O) groups is 1. The number of amides is 1. The van der Waals surface area contributed by atoms with E-state index in [-0.39, 0.29) is 5.91 Å². The molecule has 1 N–H and O–H groups in total. The number of carbonyl (C=O) groups excluding carboxylic acids is 1. The predicted octanol–water partition coefficient (Wildman–Crippen LogP) is 6.44. The number of likely N-dealkylation sites (tertiary alicyclic amines) is 1. The van der Waals surface area contributed by atoms with Crippen LogP contribution in [0.4, 0.5) is 0 Å². The van der Waals surface area contributed by atoms with Crippen LogP contribution in [0.15, 0.2) is 84.9 Å². The van der Waals surface area contributed by atoms with Gasteiger partial charge in [-0.1, -0.05) is 48.5 Å². The fourth-order valence-corrected chi connectivity index (χ4v) is 5.14. The van der Waals surface area contributed by atoms with Gasteiger partial charge in [-0.3, -0.25) is 9.69 Å². The molecule has 1 aliphatic heterocycles. The van der Waals surface area contributed by atoms with E-state index < -0.39 is 5.54 Å². The van der Waals surface area contributed by atoms with Gasteiger partial charge in [-0.25, -0.2) is 0 Å². The van der Waals surface area contributed by atoms with Crippen molar-refractivity contribution in [2.75, 3.05) is 20.2 Å². The molecule has 1 unspecified atom stereocenters. The summed E-state index contributed by atoms with van der Waals surface area (Å²) >= 11 is 0. The molecule has 188 valence electrons. The Morgan fingerprint density at radius 3 is 2.46 bits per heavy atom. The highest BCUT2D eigenvalue weighted by Gasteiger charge is 2.47. The van der Waals surface area contributed by atoms with E-state index in [1.807, 2.05) is 67.6 Å². The van der Waals surface area contributed by atoms with Crippen molar-refractivity contribution in [3.05, 3.63) is 102 Å². The van der Waals surface area contributed by atoms with E-state index in [0.717, 1.165) is 65.0 Å². The van der Waals surface area contributed by atoms with Gasteiger partial charge in [-0.2, -0.15) is 0 Å². The molecule has 5 heteroatoms. The van der Waals surface area contributed by atoms with Crippen LogP contribution in [-0.4, -0.2) is 37.0 Å². The maximum Gasteiger partial charge on any atom is 0.252 e. The summed E-state index contributed by atoms with van der Waals surface area (Å²) in [6.07, 6.45) is 2.93. The number of nitrogens with one attached hydrogen (secondary N) is 1. The molecule has 1 saturated carbocycles. The van der Waals surface area contributed by atoms with Crippen molar-refractivity contribution in [3.63, 3.8) is 0 Å². The Morgan fingerprint density at radius 1 is 0.946 bits per heavy atom. The molecule has 1 atom stereocenters. The number of benzene rings is 4. The minimum absolute atomic E-state index is 0.0697. The highest BCUT2D eigenvalue weighted by Crippen LogP contribution is 2.49. The van der Waals surface area contributed by atoms with Crippen LogP contribution in [-0.2, 0) is 5.54 Å². The third-order valence-corrected chi connectivity index (χ3v) is 7.77. The van der Waals surface area contributed by atoms with Crippen LogP contribution in [0, 0.1) is 6.92 Å². The van der Waals surface area contributed by atoms with Gasteiger partial charge in [0.15, 0.2) is 0 Å². The van der Waals surface area contributed by atoms with Gasteiger partial charge >= 0.3 is 0 Å². The van der Waals surface area contributed by atoms with Crippen molar-refractivity contribution in [3.8, 4) is 17.2 Å². The lowest BCUT2D eigenvalue weighted by atomic mass is 9.95. The van der Waals surface area contributed by atoms with E-state index in [0.29, 0.717) is 18.2 Å². The second-order valence-electron chi connectivity index (χ2n) is 10.4. The molecule has 6 rings (SSSR count). The molecule has 1 saturated heterocycles. The van der Waals surface area contributed by atoms with Crippen LogP contribution < -0.4 is 14.8 Å². The molecule has 1 heterocycles. The van der Waals surface area contributed by atoms with Crippen LogP contribution in [0.25, 0.3) is 10.8 Å². The molecule has 1 amide bonds. The van der Waals surface area contributed by atoms with E-state index in [2.05, 4.69) is 41.5 Å². The number of nitrogens with zero attached hydrogens (tertiary/aromatic N) is 1. The molecule has 37 heavy (non-hydrogen) atoms. The normalized spacial score (nSPS) is 18.2. The molecule has 0 radical (unpaired) electrons. The first-order valence-electron chi connectivity index (χ1n) is 13.0. The maximum atomic E-state index is 13.6. The third kappa shape index (κ3) is 4.79. The number of para-hydroxylation sites is 1. The summed E-state index contributed by atoms with van der Waals surface area (Å²) in [7, 11) is 2.12. The Morgan fingerprint density at radius 2 is 1.73 bits per heavy atom. The second-order valence-corrected chi connectivity index (χ2v) is 10.4. The number of aryl methyl sites for hydroxylation is 1. The first-order chi connectivity index (χ1) is 18.0. The Balaban J connectivity index is 1.27. The summed E-state index contributed by atoms with van der Waals surface area (Å²) in [6, 6.07) is 28.5. The summed E-state index contributed by atoms with van der Waals surface area (Å²) < 4.78 is 12.3. The van der Waals surface area contributed by atoms with Crippen LogP contribution in [0.5, 0.6) is 17.2 Å². The average Bonchev–Trinajstić information content (AvgIpc) is 3.69. The number of hydrogen-bond acceptors (Lipinski definition) is 4. The topological polar surface area (TPSA) is 50.8 Å². The van der Waals surface area contributed by atoms with Crippen molar-refractivity contribution in [1.82, 2.24) is 10.2 Å². The van der Waals surface area contributed by atoms with E-state index in [1.54, 1.807) is 0 Å². The summed E-state index contributed by atoms with van der Waals surface area (Å²) in [4.78, 5) is 15.9. The maximum absolute atomic E-state index is 13.6. The number of rotatable bonds is 8. The molecule has 0 aromatic heterocycles. The van der Waals surface area contributed by atoms with Crippen molar-refractivity contribution in [2.45, 2.75) is 37.8 Å². The van der Waals surface area contributed by atoms with Gasteiger partial charge in [0.1, 0.15) is 23.9 Å². The van der Waals surface area contributed by atoms with E-state index in [4.69, 9.17) is 9.47 Å². The lowest BCUT2D eigenvalue weighted by Gasteiger charge is -2.37. The van der Waals surface area contributed by atoms with Crippen LogP contribution in [0.2, 0.25) is 0 Å². The minimum Gasteiger partial charge on any atom is -0.492 e. The van der Waals surface area contributed by atoms with Crippen molar-refractivity contribution in [1.29, 1.82) is 0 Å². The summed E-state index contributed by atoms with van der Waals surface area (Å²) in [5.41, 5.74) is 2.28.